The minimum absolute atomic E-state index is 0.0268. The van der Waals surface area contributed by atoms with Crippen molar-refractivity contribution in [3.63, 3.8) is 0 Å². The van der Waals surface area contributed by atoms with Crippen LogP contribution in [0.4, 0.5) is 5.82 Å². The molecule has 1 aromatic rings. The van der Waals surface area contributed by atoms with Gasteiger partial charge in [-0.15, -0.1) is 0 Å². The third-order valence-corrected chi connectivity index (χ3v) is 4.25. The van der Waals surface area contributed by atoms with Crippen molar-refractivity contribution >= 4 is 23.6 Å². The van der Waals surface area contributed by atoms with Crippen LogP contribution < -0.4 is 5.32 Å². The van der Waals surface area contributed by atoms with Gasteiger partial charge in [0.1, 0.15) is 5.69 Å². The van der Waals surface area contributed by atoms with E-state index in [1.807, 2.05) is 0 Å². The fraction of sp³-hybridized carbons (Fsp3) is 0.571. The molecule has 9 heteroatoms. The molecule has 1 aromatic heterocycles. The largest absolute Gasteiger partial charge is 0.464 e. The number of hydrogen-bond donors (Lipinski definition) is 1. The van der Waals surface area contributed by atoms with E-state index in [9.17, 15) is 14.4 Å². The van der Waals surface area contributed by atoms with E-state index in [1.54, 1.807) is 7.05 Å². The number of esters is 1. The third-order valence-electron chi connectivity index (χ3n) is 4.25. The number of hydrogen-bond acceptors (Lipinski definition) is 6. The Kier molecular flexibility index (Phi) is 3.80. The fourth-order valence-corrected chi connectivity index (χ4v) is 2.87. The molecule has 1 N–H and O–H groups in total. The molecule has 2 aliphatic rings. The quantitative estimate of drug-likeness (QED) is 0.576. The molecule has 0 aliphatic carbocycles. The Bertz CT molecular complexity index is 664. The maximum absolute atomic E-state index is 12.2. The lowest BCUT2D eigenvalue weighted by molar-refractivity contribution is -0.145. The first-order valence-corrected chi connectivity index (χ1v) is 7.24. The molecule has 0 saturated carbocycles. The number of carbonyl (C=O) groups is 3. The van der Waals surface area contributed by atoms with Gasteiger partial charge in [-0.25, -0.2) is 4.79 Å². The number of ether oxygens (including phenoxy) is 2. The Morgan fingerprint density at radius 2 is 2.13 bits per heavy atom. The van der Waals surface area contributed by atoms with Crippen molar-refractivity contribution in [2.45, 2.75) is 6.42 Å². The zero-order valence-electron chi connectivity index (χ0n) is 13.0. The summed E-state index contributed by atoms with van der Waals surface area (Å²) in [4.78, 5) is 37.3. The van der Waals surface area contributed by atoms with E-state index in [1.165, 1.54) is 22.8 Å². The minimum Gasteiger partial charge on any atom is -0.464 e. The summed E-state index contributed by atoms with van der Waals surface area (Å²) in [5.74, 6) is -1.80. The van der Waals surface area contributed by atoms with Gasteiger partial charge in [0.05, 0.1) is 20.3 Å². The lowest BCUT2D eigenvalue weighted by Gasteiger charge is -2.37. The van der Waals surface area contributed by atoms with Crippen LogP contribution >= 0.6 is 0 Å². The predicted octanol–water partition coefficient (Wildman–Crippen LogP) is -0.606. The SMILES string of the molecule is COC(=O)c1cc(NC(=O)C(=O)N2CCC3(COC3)C2)nn1C. The number of aromatic nitrogens is 2. The number of amides is 2. The second kappa shape index (κ2) is 5.65. The topological polar surface area (TPSA) is 103 Å². The summed E-state index contributed by atoms with van der Waals surface area (Å²) in [7, 11) is 2.80. The van der Waals surface area contributed by atoms with Crippen molar-refractivity contribution in [3.05, 3.63) is 11.8 Å². The summed E-state index contributed by atoms with van der Waals surface area (Å²) < 4.78 is 11.1. The van der Waals surface area contributed by atoms with Gasteiger partial charge in [-0.1, -0.05) is 0 Å². The highest BCUT2D eigenvalue weighted by Crippen LogP contribution is 2.37. The molecule has 1 spiro atoms. The molecule has 0 aromatic carbocycles. The van der Waals surface area contributed by atoms with Crippen molar-refractivity contribution < 1.29 is 23.9 Å². The van der Waals surface area contributed by atoms with Crippen molar-refractivity contribution in [1.82, 2.24) is 14.7 Å². The Morgan fingerprint density at radius 1 is 1.39 bits per heavy atom. The van der Waals surface area contributed by atoms with E-state index in [0.29, 0.717) is 26.3 Å². The number of nitrogens with one attached hydrogen (secondary N) is 1. The first-order chi connectivity index (χ1) is 10.9. The lowest BCUT2D eigenvalue weighted by atomic mass is 9.85. The maximum atomic E-state index is 12.2. The minimum atomic E-state index is -0.767. The number of aryl methyl sites for hydroxylation is 1. The summed E-state index contributed by atoms with van der Waals surface area (Å²) in [6.45, 7) is 2.36. The van der Waals surface area contributed by atoms with Crippen molar-refractivity contribution in [1.29, 1.82) is 0 Å². The zero-order valence-corrected chi connectivity index (χ0v) is 13.0. The van der Waals surface area contributed by atoms with Crippen LogP contribution in [0.1, 0.15) is 16.9 Å². The van der Waals surface area contributed by atoms with Gasteiger partial charge in [-0.05, 0) is 6.42 Å². The van der Waals surface area contributed by atoms with Gasteiger partial charge in [0.2, 0.25) is 0 Å². The van der Waals surface area contributed by atoms with Crippen molar-refractivity contribution in [3.8, 4) is 0 Å². The van der Waals surface area contributed by atoms with Gasteiger partial charge >= 0.3 is 17.8 Å². The van der Waals surface area contributed by atoms with Gasteiger partial charge in [-0.3, -0.25) is 14.3 Å². The fourth-order valence-electron chi connectivity index (χ4n) is 2.87. The van der Waals surface area contributed by atoms with E-state index in [4.69, 9.17) is 4.74 Å². The molecule has 0 unspecified atom stereocenters. The van der Waals surface area contributed by atoms with E-state index in [-0.39, 0.29) is 16.9 Å². The maximum Gasteiger partial charge on any atom is 0.356 e. The second-order valence-electron chi connectivity index (χ2n) is 5.95. The number of rotatable bonds is 2. The van der Waals surface area contributed by atoms with Gasteiger partial charge < -0.3 is 19.7 Å². The van der Waals surface area contributed by atoms with Crippen LogP contribution in [0, 0.1) is 5.41 Å². The highest BCUT2D eigenvalue weighted by molar-refractivity contribution is 6.39. The standard InChI is InChI=1S/C14H18N4O5/c1-17-9(13(21)22-2)5-10(16-17)15-11(19)12(20)18-4-3-14(6-18)7-23-8-14/h5H,3-4,6-8H2,1-2H3,(H,15,16,19). The van der Waals surface area contributed by atoms with Crippen LogP contribution in [-0.4, -0.2) is 65.9 Å². The predicted molar refractivity (Wildman–Crippen MR) is 77.6 cm³/mol. The summed E-state index contributed by atoms with van der Waals surface area (Å²) in [6, 6.07) is 1.36. The van der Waals surface area contributed by atoms with E-state index < -0.39 is 17.8 Å². The van der Waals surface area contributed by atoms with Crippen molar-refractivity contribution in [2.75, 3.05) is 38.7 Å². The van der Waals surface area contributed by atoms with E-state index in [0.717, 1.165) is 6.42 Å². The molecule has 0 radical (unpaired) electrons. The summed E-state index contributed by atoms with van der Waals surface area (Å²) in [5, 5.41) is 6.40. The molecule has 3 heterocycles. The zero-order chi connectivity index (χ0) is 16.6. The Morgan fingerprint density at radius 3 is 2.70 bits per heavy atom. The van der Waals surface area contributed by atoms with Crippen LogP contribution in [0.5, 0.6) is 0 Å². The monoisotopic (exact) mass is 322 g/mol. The Balaban J connectivity index is 1.63. The van der Waals surface area contributed by atoms with E-state index >= 15 is 0 Å². The third kappa shape index (κ3) is 2.79. The highest BCUT2D eigenvalue weighted by atomic mass is 16.5. The number of carbonyl (C=O) groups excluding carboxylic acids is 3. The van der Waals surface area contributed by atoms with Gasteiger partial charge in [-0.2, -0.15) is 5.10 Å². The highest BCUT2D eigenvalue weighted by Gasteiger charge is 2.46. The molecular formula is C14H18N4O5. The Hall–Kier alpha value is -2.42. The van der Waals surface area contributed by atoms with Crippen molar-refractivity contribution in [2.24, 2.45) is 12.5 Å². The molecule has 2 saturated heterocycles. The van der Waals surface area contributed by atoms with Crippen LogP contribution in [-0.2, 0) is 26.1 Å². The Labute approximate surface area is 132 Å². The molecule has 2 amide bonds. The molecule has 0 atom stereocenters. The number of nitrogens with zero attached hydrogens (tertiary/aromatic N) is 3. The molecule has 23 heavy (non-hydrogen) atoms. The van der Waals surface area contributed by atoms with E-state index in [2.05, 4.69) is 15.2 Å². The molecular weight excluding hydrogens is 304 g/mol. The van der Waals surface area contributed by atoms with Gasteiger partial charge in [0, 0.05) is 31.6 Å². The number of anilines is 1. The van der Waals surface area contributed by atoms with Gasteiger partial charge in [0.15, 0.2) is 5.82 Å². The molecule has 0 bridgehead atoms. The van der Waals surface area contributed by atoms with Gasteiger partial charge in [0.25, 0.3) is 0 Å². The smallest absolute Gasteiger partial charge is 0.356 e. The average Bonchev–Trinajstić information content (AvgIpc) is 3.09. The molecule has 9 nitrogen and oxygen atoms in total. The molecule has 2 aliphatic heterocycles. The summed E-state index contributed by atoms with van der Waals surface area (Å²) in [6.07, 6.45) is 0.849. The van der Waals surface area contributed by atoms with Crippen LogP contribution in [0.15, 0.2) is 6.07 Å². The molecule has 124 valence electrons. The normalized spacial score (nSPS) is 18.6. The van der Waals surface area contributed by atoms with Crippen LogP contribution in [0.2, 0.25) is 0 Å². The number of methoxy groups -OCH3 is 1. The number of likely N-dealkylation sites (tertiary alicyclic amines) is 1. The molecule has 2 fully saturated rings. The average molecular weight is 322 g/mol. The summed E-state index contributed by atoms with van der Waals surface area (Å²) in [5.41, 5.74) is 0.209. The lowest BCUT2D eigenvalue weighted by Crippen LogP contribution is -2.46. The van der Waals surface area contributed by atoms with Crippen LogP contribution in [0.25, 0.3) is 0 Å². The first kappa shape index (κ1) is 15.5. The second-order valence-corrected chi connectivity index (χ2v) is 5.95. The van der Waals surface area contributed by atoms with Crippen LogP contribution in [0.3, 0.4) is 0 Å². The first-order valence-electron chi connectivity index (χ1n) is 7.24. The summed E-state index contributed by atoms with van der Waals surface area (Å²) >= 11 is 0. The molecule has 3 rings (SSSR count).